The number of carbonyl (C=O) groups is 1. The van der Waals surface area contributed by atoms with Gasteiger partial charge in [0.15, 0.2) is 0 Å². The molecule has 0 atom stereocenters. The van der Waals surface area contributed by atoms with Gasteiger partial charge in [-0.2, -0.15) is 5.26 Å². The Kier molecular flexibility index (Phi) is 5.39. The van der Waals surface area contributed by atoms with Gasteiger partial charge >= 0.3 is 0 Å². The zero-order chi connectivity index (χ0) is 14.4. The van der Waals surface area contributed by atoms with Crippen LogP contribution in [-0.2, 0) is 0 Å². The average Bonchev–Trinajstić information content (AvgIpc) is 2.74. The van der Waals surface area contributed by atoms with E-state index in [1.165, 1.54) is 11.3 Å². The summed E-state index contributed by atoms with van der Waals surface area (Å²) in [6.45, 7) is 9.43. The fourth-order valence-electron chi connectivity index (χ4n) is 1.69. The molecule has 19 heavy (non-hydrogen) atoms. The number of hydrogen-bond donors (Lipinski definition) is 2. The second-order valence-corrected chi connectivity index (χ2v) is 4.81. The zero-order valence-corrected chi connectivity index (χ0v) is 12.0. The number of carbonyl (C=O) groups excluding carboxylic acids is 1. The molecule has 0 saturated heterocycles. The van der Waals surface area contributed by atoms with Gasteiger partial charge in [0.2, 0.25) is 0 Å². The summed E-state index contributed by atoms with van der Waals surface area (Å²) in [4.78, 5) is 14.4. The molecule has 0 fully saturated rings. The first-order valence-electron chi connectivity index (χ1n) is 6.06. The fraction of sp³-hybridized carbons (Fsp3) is 0.385. The van der Waals surface area contributed by atoms with E-state index in [1.807, 2.05) is 18.7 Å². The second kappa shape index (κ2) is 6.81. The minimum Gasteiger partial charge on any atom is -0.396 e. The van der Waals surface area contributed by atoms with Gasteiger partial charge in [0.05, 0.1) is 5.69 Å². The molecule has 6 heteroatoms. The van der Waals surface area contributed by atoms with Crippen LogP contribution in [0.15, 0.2) is 12.7 Å². The van der Waals surface area contributed by atoms with E-state index in [9.17, 15) is 10.1 Å². The maximum atomic E-state index is 11.9. The highest BCUT2D eigenvalue weighted by Crippen LogP contribution is 2.37. The van der Waals surface area contributed by atoms with Crippen molar-refractivity contribution in [1.29, 1.82) is 5.26 Å². The van der Waals surface area contributed by atoms with E-state index in [4.69, 9.17) is 5.73 Å². The van der Waals surface area contributed by atoms with Crippen LogP contribution in [0.1, 0.15) is 29.1 Å². The topological polar surface area (TPSA) is 82.2 Å². The minimum absolute atomic E-state index is 0.260. The highest BCUT2D eigenvalue weighted by molar-refractivity contribution is 7.19. The largest absolute Gasteiger partial charge is 0.396 e. The molecule has 0 aromatic carbocycles. The first-order valence-corrected chi connectivity index (χ1v) is 6.88. The summed E-state index contributed by atoms with van der Waals surface area (Å²) in [5.41, 5.74) is 6.56. The number of anilines is 2. The summed E-state index contributed by atoms with van der Waals surface area (Å²) in [5.74, 6) is -0.266. The Bertz CT molecular complexity index is 511. The minimum atomic E-state index is -0.266. The van der Waals surface area contributed by atoms with Gasteiger partial charge in [0.1, 0.15) is 21.5 Å². The summed E-state index contributed by atoms with van der Waals surface area (Å²) in [6.07, 6.45) is 1.60. The molecule has 0 aliphatic heterocycles. The molecule has 0 bridgehead atoms. The predicted octanol–water partition coefficient (Wildman–Crippen LogP) is 1.96. The van der Waals surface area contributed by atoms with Crippen molar-refractivity contribution in [3.8, 4) is 6.07 Å². The van der Waals surface area contributed by atoms with Gasteiger partial charge < -0.3 is 16.0 Å². The third kappa shape index (κ3) is 3.06. The highest BCUT2D eigenvalue weighted by Gasteiger charge is 2.23. The number of nitrogens with zero attached hydrogens (tertiary/aromatic N) is 2. The monoisotopic (exact) mass is 278 g/mol. The van der Waals surface area contributed by atoms with Crippen LogP contribution in [0.2, 0.25) is 0 Å². The molecule has 0 unspecified atom stereocenters. The number of rotatable bonds is 6. The molecular formula is C13H18N4OS. The first kappa shape index (κ1) is 15.1. The van der Waals surface area contributed by atoms with Gasteiger partial charge in [0, 0.05) is 19.6 Å². The second-order valence-electron chi connectivity index (χ2n) is 3.81. The zero-order valence-electron chi connectivity index (χ0n) is 11.2. The highest BCUT2D eigenvalue weighted by atomic mass is 32.1. The lowest BCUT2D eigenvalue weighted by molar-refractivity contribution is 0.0963. The van der Waals surface area contributed by atoms with Crippen LogP contribution < -0.4 is 16.0 Å². The Hall–Kier alpha value is -2.00. The number of hydrogen-bond acceptors (Lipinski definition) is 5. The molecular weight excluding hydrogens is 260 g/mol. The van der Waals surface area contributed by atoms with Crippen LogP contribution >= 0.6 is 11.3 Å². The Balaban J connectivity index is 3.19. The molecule has 1 aromatic heterocycles. The van der Waals surface area contributed by atoms with E-state index < -0.39 is 0 Å². The quantitative estimate of drug-likeness (QED) is 0.779. The number of thiophene rings is 1. The smallest absolute Gasteiger partial charge is 0.263 e. The van der Waals surface area contributed by atoms with E-state index in [0.717, 1.165) is 18.1 Å². The molecule has 0 aliphatic rings. The van der Waals surface area contributed by atoms with Crippen LogP contribution in [0, 0.1) is 11.3 Å². The van der Waals surface area contributed by atoms with Gasteiger partial charge in [-0.05, 0) is 13.8 Å². The van der Waals surface area contributed by atoms with Crippen molar-refractivity contribution in [2.45, 2.75) is 13.8 Å². The van der Waals surface area contributed by atoms with Gasteiger partial charge in [-0.3, -0.25) is 4.79 Å². The lowest BCUT2D eigenvalue weighted by Gasteiger charge is -2.18. The van der Waals surface area contributed by atoms with Crippen molar-refractivity contribution >= 4 is 27.9 Å². The van der Waals surface area contributed by atoms with Crippen molar-refractivity contribution in [1.82, 2.24) is 5.32 Å². The first-order chi connectivity index (χ1) is 9.10. The van der Waals surface area contributed by atoms with Crippen molar-refractivity contribution in [3.63, 3.8) is 0 Å². The van der Waals surface area contributed by atoms with E-state index in [0.29, 0.717) is 17.0 Å². The summed E-state index contributed by atoms with van der Waals surface area (Å²) in [5, 5.41) is 12.6. The van der Waals surface area contributed by atoms with Gasteiger partial charge in [-0.15, -0.1) is 17.9 Å². The fourth-order valence-corrected chi connectivity index (χ4v) is 2.90. The van der Waals surface area contributed by atoms with Crippen LogP contribution in [0.4, 0.5) is 10.7 Å². The van der Waals surface area contributed by atoms with Crippen molar-refractivity contribution in [2.24, 2.45) is 0 Å². The normalized spacial score (nSPS) is 9.74. The van der Waals surface area contributed by atoms with E-state index in [2.05, 4.69) is 18.0 Å². The molecule has 1 aromatic rings. The number of nitrogen functional groups attached to an aromatic ring is 1. The third-order valence-corrected chi connectivity index (χ3v) is 3.97. The summed E-state index contributed by atoms with van der Waals surface area (Å²) in [7, 11) is 0. The van der Waals surface area contributed by atoms with E-state index >= 15 is 0 Å². The molecule has 0 spiro atoms. The molecule has 3 N–H and O–H groups in total. The molecule has 0 radical (unpaired) electrons. The van der Waals surface area contributed by atoms with Crippen LogP contribution in [0.25, 0.3) is 0 Å². The Morgan fingerprint density at radius 3 is 2.68 bits per heavy atom. The van der Waals surface area contributed by atoms with Crippen molar-refractivity contribution < 1.29 is 4.79 Å². The summed E-state index contributed by atoms with van der Waals surface area (Å²) >= 11 is 1.26. The average molecular weight is 278 g/mol. The molecule has 1 rings (SSSR count). The molecule has 0 saturated carbocycles. The van der Waals surface area contributed by atoms with Crippen molar-refractivity contribution in [3.05, 3.63) is 23.1 Å². The van der Waals surface area contributed by atoms with Crippen LogP contribution in [0.5, 0.6) is 0 Å². The molecule has 1 heterocycles. The Morgan fingerprint density at radius 2 is 2.21 bits per heavy atom. The summed E-state index contributed by atoms with van der Waals surface area (Å²) < 4.78 is 0. The molecule has 0 aliphatic carbocycles. The number of nitrogens with one attached hydrogen (secondary N) is 1. The Labute approximate surface area is 117 Å². The van der Waals surface area contributed by atoms with Gasteiger partial charge in [-0.25, -0.2) is 0 Å². The number of amides is 1. The number of nitrogens with two attached hydrogens (primary N) is 1. The van der Waals surface area contributed by atoms with Crippen molar-refractivity contribution in [2.75, 3.05) is 30.3 Å². The maximum absolute atomic E-state index is 11.9. The summed E-state index contributed by atoms with van der Waals surface area (Å²) in [6, 6.07) is 2.09. The SMILES string of the molecule is C=CCNC(=O)c1sc(N(CC)CC)c(C#N)c1N. The maximum Gasteiger partial charge on any atom is 0.263 e. The van der Waals surface area contributed by atoms with Gasteiger partial charge in [0.25, 0.3) is 5.91 Å². The molecule has 5 nitrogen and oxygen atoms in total. The predicted molar refractivity (Wildman–Crippen MR) is 79.5 cm³/mol. The Morgan fingerprint density at radius 1 is 1.58 bits per heavy atom. The van der Waals surface area contributed by atoms with Crippen LogP contribution in [0.3, 0.4) is 0 Å². The lowest BCUT2D eigenvalue weighted by Crippen LogP contribution is -2.23. The molecule has 102 valence electrons. The lowest BCUT2D eigenvalue weighted by atomic mass is 10.2. The molecule has 1 amide bonds. The van der Waals surface area contributed by atoms with Crippen LogP contribution in [-0.4, -0.2) is 25.5 Å². The van der Waals surface area contributed by atoms with E-state index in [-0.39, 0.29) is 11.6 Å². The standard InChI is InChI=1S/C13H18N4OS/c1-4-7-16-12(18)11-10(15)9(8-14)13(19-11)17(5-2)6-3/h4H,1,5-7,15H2,2-3H3,(H,16,18). The third-order valence-electron chi connectivity index (χ3n) is 2.70. The van der Waals surface area contributed by atoms with Gasteiger partial charge in [-0.1, -0.05) is 6.08 Å². The van der Waals surface area contributed by atoms with E-state index in [1.54, 1.807) is 6.08 Å². The number of nitriles is 1.